The number of hydrogen-bond donors (Lipinski definition) is 1. The van der Waals surface area contributed by atoms with Crippen molar-refractivity contribution in [2.75, 3.05) is 5.32 Å². The Morgan fingerprint density at radius 1 is 1.39 bits per heavy atom. The number of halogens is 1. The van der Waals surface area contributed by atoms with E-state index in [9.17, 15) is 0 Å². The van der Waals surface area contributed by atoms with Gasteiger partial charge in [-0.05, 0) is 18.2 Å². The van der Waals surface area contributed by atoms with Crippen molar-refractivity contribution in [3.05, 3.63) is 34.4 Å². The Hall–Kier alpha value is -1.47. The number of anilines is 1. The monoisotopic (exact) mass is 324 g/mol. The van der Waals surface area contributed by atoms with Crippen molar-refractivity contribution in [2.45, 2.75) is 13.5 Å². The summed E-state index contributed by atoms with van der Waals surface area (Å²) in [6.07, 6.45) is 0. The third-order valence-corrected chi connectivity index (χ3v) is 3.79. The predicted molar refractivity (Wildman–Crippen MR) is 73.7 cm³/mol. The molecule has 0 aliphatic heterocycles. The van der Waals surface area contributed by atoms with E-state index in [1.54, 1.807) is 18.3 Å². The average Bonchev–Trinajstić information content (AvgIpc) is 2.92. The van der Waals surface area contributed by atoms with E-state index in [1.807, 2.05) is 12.1 Å². The minimum absolute atomic E-state index is 0.512. The van der Waals surface area contributed by atoms with Crippen LogP contribution >= 0.6 is 27.3 Å². The highest BCUT2D eigenvalue weighted by atomic mass is 79.9. The second-order valence-corrected chi connectivity index (χ2v) is 5.66. The van der Waals surface area contributed by atoms with Crippen LogP contribution in [0.1, 0.15) is 11.7 Å². The van der Waals surface area contributed by atoms with Crippen LogP contribution in [0.15, 0.2) is 27.2 Å². The zero-order chi connectivity index (χ0) is 12.5. The van der Waals surface area contributed by atoms with Crippen LogP contribution in [0.25, 0.3) is 10.2 Å². The van der Waals surface area contributed by atoms with Crippen molar-refractivity contribution in [1.29, 1.82) is 0 Å². The number of hydrogen-bond acceptors (Lipinski definition) is 6. The van der Waals surface area contributed by atoms with E-state index in [4.69, 9.17) is 4.52 Å². The quantitative estimate of drug-likeness (QED) is 0.800. The standard InChI is InChI=1S/C11H9BrN4OS/c1-6-14-10(16-17-6)5-13-11-15-8-3-2-7(12)4-9(8)18-11/h2-4H,5H2,1H3,(H,13,15). The smallest absolute Gasteiger partial charge is 0.223 e. The highest BCUT2D eigenvalue weighted by molar-refractivity contribution is 9.10. The number of benzene rings is 1. The zero-order valence-corrected chi connectivity index (χ0v) is 11.9. The van der Waals surface area contributed by atoms with Gasteiger partial charge < -0.3 is 9.84 Å². The van der Waals surface area contributed by atoms with Gasteiger partial charge in [-0.3, -0.25) is 0 Å². The molecular weight excluding hydrogens is 316 g/mol. The van der Waals surface area contributed by atoms with E-state index in [0.717, 1.165) is 19.8 Å². The lowest BCUT2D eigenvalue weighted by molar-refractivity contribution is 0.388. The molecule has 18 heavy (non-hydrogen) atoms. The first-order valence-corrected chi connectivity index (χ1v) is 6.91. The largest absolute Gasteiger partial charge is 0.354 e. The minimum atomic E-state index is 0.512. The summed E-state index contributed by atoms with van der Waals surface area (Å²) in [7, 11) is 0. The van der Waals surface area contributed by atoms with E-state index in [1.165, 1.54) is 0 Å². The van der Waals surface area contributed by atoms with Crippen LogP contribution < -0.4 is 5.32 Å². The normalized spacial score (nSPS) is 11.0. The molecule has 0 spiro atoms. The first-order chi connectivity index (χ1) is 8.70. The Kier molecular flexibility index (Phi) is 3.00. The van der Waals surface area contributed by atoms with Gasteiger partial charge in [0, 0.05) is 11.4 Å². The maximum absolute atomic E-state index is 4.90. The Morgan fingerprint density at radius 3 is 3.06 bits per heavy atom. The summed E-state index contributed by atoms with van der Waals surface area (Å²) in [4.78, 5) is 8.60. The van der Waals surface area contributed by atoms with Crippen LogP contribution in [0, 0.1) is 6.92 Å². The van der Waals surface area contributed by atoms with E-state index >= 15 is 0 Å². The summed E-state index contributed by atoms with van der Waals surface area (Å²) in [6, 6.07) is 6.02. The summed E-state index contributed by atoms with van der Waals surface area (Å²) >= 11 is 5.05. The molecule has 0 aliphatic rings. The maximum Gasteiger partial charge on any atom is 0.223 e. The third kappa shape index (κ3) is 2.37. The second kappa shape index (κ2) is 4.66. The van der Waals surface area contributed by atoms with Gasteiger partial charge in [-0.2, -0.15) is 4.98 Å². The first-order valence-electron chi connectivity index (χ1n) is 5.30. The molecule has 1 N–H and O–H groups in total. The molecule has 0 saturated carbocycles. The topological polar surface area (TPSA) is 63.8 Å². The molecule has 0 bridgehead atoms. The van der Waals surface area contributed by atoms with Gasteiger partial charge >= 0.3 is 0 Å². The molecule has 3 aromatic rings. The second-order valence-electron chi connectivity index (χ2n) is 3.71. The van der Waals surface area contributed by atoms with E-state index in [-0.39, 0.29) is 0 Å². The van der Waals surface area contributed by atoms with Crippen LogP contribution in [-0.2, 0) is 6.54 Å². The molecule has 2 heterocycles. The molecule has 0 fully saturated rings. The predicted octanol–water partition coefficient (Wildman–Crippen LogP) is 3.36. The average molecular weight is 325 g/mol. The van der Waals surface area contributed by atoms with Crippen molar-refractivity contribution in [3.8, 4) is 0 Å². The number of nitrogens with one attached hydrogen (secondary N) is 1. The molecule has 1 aromatic carbocycles. The van der Waals surface area contributed by atoms with Crippen LogP contribution in [-0.4, -0.2) is 15.1 Å². The molecule has 0 saturated heterocycles. The van der Waals surface area contributed by atoms with Crippen LogP contribution in [0.4, 0.5) is 5.13 Å². The number of thiazole rings is 1. The van der Waals surface area contributed by atoms with E-state index in [0.29, 0.717) is 18.3 Å². The fraction of sp³-hybridized carbons (Fsp3) is 0.182. The Morgan fingerprint density at radius 2 is 2.28 bits per heavy atom. The van der Waals surface area contributed by atoms with Crippen LogP contribution in [0.2, 0.25) is 0 Å². The Balaban J connectivity index is 1.78. The van der Waals surface area contributed by atoms with Crippen molar-refractivity contribution in [2.24, 2.45) is 0 Å². The SMILES string of the molecule is Cc1nc(CNc2nc3ccc(Br)cc3s2)no1. The van der Waals surface area contributed by atoms with Gasteiger partial charge in [0.2, 0.25) is 5.89 Å². The molecular formula is C11H9BrN4OS. The first kappa shape index (κ1) is 11.6. The number of nitrogens with zero attached hydrogens (tertiary/aromatic N) is 3. The number of aromatic nitrogens is 3. The van der Waals surface area contributed by atoms with Gasteiger partial charge in [0.1, 0.15) is 0 Å². The van der Waals surface area contributed by atoms with Gasteiger partial charge in [-0.1, -0.05) is 32.4 Å². The van der Waals surface area contributed by atoms with Gasteiger partial charge in [-0.25, -0.2) is 4.98 Å². The van der Waals surface area contributed by atoms with Gasteiger partial charge in [0.15, 0.2) is 11.0 Å². The minimum Gasteiger partial charge on any atom is -0.354 e. The molecule has 5 nitrogen and oxygen atoms in total. The molecule has 0 unspecified atom stereocenters. The zero-order valence-electron chi connectivity index (χ0n) is 9.48. The third-order valence-electron chi connectivity index (χ3n) is 2.32. The van der Waals surface area contributed by atoms with Crippen molar-refractivity contribution < 1.29 is 4.52 Å². The molecule has 92 valence electrons. The molecule has 0 radical (unpaired) electrons. The van der Waals surface area contributed by atoms with Crippen LogP contribution in [0.3, 0.4) is 0 Å². The number of aryl methyl sites for hydroxylation is 1. The van der Waals surface area contributed by atoms with Gasteiger partial charge in [0.25, 0.3) is 0 Å². The van der Waals surface area contributed by atoms with Crippen molar-refractivity contribution >= 4 is 42.6 Å². The van der Waals surface area contributed by atoms with Crippen molar-refractivity contribution in [1.82, 2.24) is 15.1 Å². The highest BCUT2D eigenvalue weighted by Gasteiger charge is 2.06. The summed E-state index contributed by atoms with van der Waals surface area (Å²) in [5, 5.41) is 7.86. The lowest BCUT2D eigenvalue weighted by Gasteiger charge is -1.95. The highest BCUT2D eigenvalue weighted by Crippen LogP contribution is 2.28. The summed E-state index contributed by atoms with van der Waals surface area (Å²) in [5.74, 6) is 1.20. The fourth-order valence-electron chi connectivity index (χ4n) is 1.54. The molecule has 0 aliphatic carbocycles. The number of rotatable bonds is 3. The molecule has 7 heteroatoms. The maximum atomic E-state index is 4.90. The Labute approximate surface area is 115 Å². The Bertz CT molecular complexity index is 693. The van der Waals surface area contributed by atoms with E-state index in [2.05, 4.69) is 42.4 Å². The fourth-order valence-corrected chi connectivity index (χ4v) is 2.96. The van der Waals surface area contributed by atoms with E-state index < -0.39 is 0 Å². The summed E-state index contributed by atoms with van der Waals surface area (Å²) < 4.78 is 7.09. The summed E-state index contributed by atoms with van der Waals surface area (Å²) in [6.45, 7) is 2.28. The lowest BCUT2D eigenvalue weighted by Crippen LogP contribution is -2.00. The molecule has 3 rings (SSSR count). The number of fused-ring (bicyclic) bond motifs is 1. The molecule has 0 atom stereocenters. The van der Waals surface area contributed by atoms with Gasteiger partial charge in [-0.15, -0.1) is 0 Å². The lowest BCUT2D eigenvalue weighted by atomic mass is 10.3. The molecule has 2 aromatic heterocycles. The van der Waals surface area contributed by atoms with Crippen molar-refractivity contribution in [3.63, 3.8) is 0 Å². The summed E-state index contributed by atoms with van der Waals surface area (Å²) in [5.41, 5.74) is 0.981. The van der Waals surface area contributed by atoms with Crippen LogP contribution in [0.5, 0.6) is 0 Å². The molecule has 0 amide bonds. The van der Waals surface area contributed by atoms with Gasteiger partial charge in [0.05, 0.1) is 16.8 Å².